The summed E-state index contributed by atoms with van der Waals surface area (Å²) in [4.78, 5) is 40.3. The van der Waals surface area contributed by atoms with E-state index in [4.69, 9.17) is 9.47 Å². The van der Waals surface area contributed by atoms with Crippen molar-refractivity contribution in [2.75, 3.05) is 39.5 Å². The molecular formula is C23H29N3O5. The second-order valence-corrected chi connectivity index (χ2v) is 9.04. The summed E-state index contributed by atoms with van der Waals surface area (Å²) >= 11 is 0. The Morgan fingerprint density at radius 3 is 2.65 bits per heavy atom. The third-order valence-corrected chi connectivity index (χ3v) is 7.09. The molecule has 31 heavy (non-hydrogen) atoms. The molecule has 0 aromatic heterocycles. The van der Waals surface area contributed by atoms with Crippen LogP contribution in [0.5, 0.6) is 5.75 Å². The Kier molecular flexibility index (Phi) is 5.67. The fraction of sp³-hybridized carbons (Fsp3) is 0.609. The predicted octanol–water partition coefficient (Wildman–Crippen LogP) is 1.18. The second-order valence-electron chi connectivity index (χ2n) is 9.04. The van der Waals surface area contributed by atoms with Crippen molar-refractivity contribution in [2.24, 2.45) is 11.8 Å². The number of imide groups is 1. The molecule has 4 aliphatic rings. The number of carbonyl (C=O) groups excluding carboxylic acids is 3. The molecule has 0 radical (unpaired) electrons. The van der Waals surface area contributed by atoms with Crippen LogP contribution in [0.2, 0.25) is 0 Å². The number of rotatable bonds is 6. The fourth-order valence-electron chi connectivity index (χ4n) is 5.21. The van der Waals surface area contributed by atoms with Crippen LogP contribution in [-0.2, 0) is 20.9 Å². The van der Waals surface area contributed by atoms with Gasteiger partial charge in [-0.2, -0.15) is 0 Å². The summed E-state index contributed by atoms with van der Waals surface area (Å²) in [7, 11) is 0. The highest BCUT2D eigenvalue weighted by molar-refractivity contribution is 6.05. The number of ether oxygens (including phenoxy) is 2. The van der Waals surface area contributed by atoms with Gasteiger partial charge in [-0.1, -0.05) is 0 Å². The van der Waals surface area contributed by atoms with E-state index in [0.717, 1.165) is 56.0 Å². The van der Waals surface area contributed by atoms with Crippen LogP contribution in [-0.4, -0.2) is 73.0 Å². The number of piperidine rings is 1. The number of carbonyl (C=O) groups is 3. The van der Waals surface area contributed by atoms with Crippen molar-refractivity contribution >= 4 is 17.7 Å². The lowest BCUT2D eigenvalue weighted by Crippen LogP contribution is -2.52. The predicted molar refractivity (Wildman–Crippen MR) is 111 cm³/mol. The number of nitrogens with one attached hydrogen (secondary N) is 1. The maximum atomic E-state index is 12.8. The number of fused-ring (bicyclic) bond motifs is 1. The first-order valence-electron chi connectivity index (χ1n) is 11.3. The molecule has 5 rings (SSSR count). The minimum Gasteiger partial charge on any atom is -0.492 e. The molecule has 0 saturated carbocycles. The molecule has 1 atom stereocenters. The number of hydrogen-bond donors (Lipinski definition) is 1. The quantitative estimate of drug-likeness (QED) is 0.686. The Bertz CT molecular complexity index is 876. The molecule has 1 aromatic rings. The van der Waals surface area contributed by atoms with Gasteiger partial charge in [-0.25, -0.2) is 0 Å². The normalized spacial score (nSPS) is 25.4. The molecule has 0 spiro atoms. The lowest BCUT2D eigenvalue weighted by Gasteiger charge is -2.44. The molecule has 4 aliphatic heterocycles. The van der Waals surface area contributed by atoms with E-state index in [1.54, 1.807) is 11.0 Å². The van der Waals surface area contributed by atoms with Crippen molar-refractivity contribution in [1.82, 2.24) is 15.1 Å². The SMILES string of the molecule is O=C1CCC(N2Cc3cc(OCCN4CC(C5CCOCC5)C4)ccc3C2=O)C(=O)N1. The highest BCUT2D eigenvalue weighted by atomic mass is 16.5. The third kappa shape index (κ3) is 4.19. The van der Waals surface area contributed by atoms with Crippen molar-refractivity contribution in [3.05, 3.63) is 29.3 Å². The summed E-state index contributed by atoms with van der Waals surface area (Å²) in [6.07, 6.45) is 3.02. The second kappa shape index (κ2) is 8.59. The summed E-state index contributed by atoms with van der Waals surface area (Å²) in [6, 6.07) is 4.92. The fourth-order valence-corrected chi connectivity index (χ4v) is 5.21. The van der Waals surface area contributed by atoms with Crippen LogP contribution in [0.25, 0.3) is 0 Å². The molecule has 1 N–H and O–H groups in total. The van der Waals surface area contributed by atoms with Gasteiger partial charge in [0.15, 0.2) is 0 Å². The average Bonchev–Trinajstić information content (AvgIpc) is 3.06. The number of likely N-dealkylation sites (tertiary alicyclic amines) is 1. The first kappa shape index (κ1) is 20.5. The molecule has 3 saturated heterocycles. The van der Waals surface area contributed by atoms with E-state index in [9.17, 15) is 14.4 Å². The van der Waals surface area contributed by atoms with E-state index < -0.39 is 6.04 Å². The van der Waals surface area contributed by atoms with Gasteiger partial charge in [0.2, 0.25) is 11.8 Å². The Morgan fingerprint density at radius 1 is 1.06 bits per heavy atom. The number of nitrogens with zero attached hydrogens (tertiary/aromatic N) is 2. The van der Waals surface area contributed by atoms with Gasteiger partial charge in [0.1, 0.15) is 18.4 Å². The van der Waals surface area contributed by atoms with E-state index in [1.807, 2.05) is 12.1 Å². The van der Waals surface area contributed by atoms with Crippen LogP contribution in [0, 0.1) is 11.8 Å². The maximum absolute atomic E-state index is 12.8. The van der Waals surface area contributed by atoms with E-state index in [0.29, 0.717) is 25.1 Å². The Balaban J connectivity index is 1.11. The number of hydrogen-bond acceptors (Lipinski definition) is 6. The molecule has 3 fully saturated rings. The van der Waals surface area contributed by atoms with Gasteiger partial charge < -0.3 is 14.4 Å². The van der Waals surface area contributed by atoms with E-state index in [1.165, 1.54) is 12.8 Å². The van der Waals surface area contributed by atoms with Crippen molar-refractivity contribution in [1.29, 1.82) is 0 Å². The number of benzene rings is 1. The highest BCUT2D eigenvalue weighted by Gasteiger charge is 2.39. The Labute approximate surface area is 181 Å². The van der Waals surface area contributed by atoms with E-state index in [2.05, 4.69) is 10.2 Å². The van der Waals surface area contributed by atoms with Crippen LogP contribution < -0.4 is 10.1 Å². The van der Waals surface area contributed by atoms with Gasteiger partial charge in [0, 0.05) is 51.4 Å². The lowest BCUT2D eigenvalue weighted by atomic mass is 9.81. The van der Waals surface area contributed by atoms with Gasteiger partial charge in [-0.15, -0.1) is 0 Å². The zero-order valence-electron chi connectivity index (χ0n) is 17.7. The van der Waals surface area contributed by atoms with Gasteiger partial charge in [-0.3, -0.25) is 24.6 Å². The molecule has 8 nitrogen and oxygen atoms in total. The van der Waals surface area contributed by atoms with Crippen LogP contribution >= 0.6 is 0 Å². The summed E-state index contributed by atoms with van der Waals surface area (Å²) in [5.41, 5.74) is 1.48. The zero-order chi connectivity index (χ0) is 21.4. The topological polar surface area (TPSA) is 88.2 Å². The zero-order valence-corrected chi connectivity index (χ0v) is 17.7. The van der Waals surface area contributed by atoms with Crippen LogP contribution in [0.4, 0.5) is 0 Å². The Morgan fingerprint density at radius 2 is 1.87 bits per heavy atom. The van der Waals surface area contributed by atoms with E-state index >= 15 is 0 Å². The van der Waals surface area contributed by atoms with Crippen LogP contribution in [0.3, 0.4) is 0 Å². The van der Waals surface area contributed by atoms with Crippen molar-refractivity contribution in [2.45, 2.75) is 38.3 Å². The summed E-state index contributed by atoms with van der Waals surface area (Å²) < 4.78 is 11.4. The summed E-state index contributed by atoms with van der Waals surface area (Å²) in [5.74, 6) is 1.54. The van der Waals surface area contributed by atoms with Crippen molar-refractivity contribution in [3.63, 3.8) is 0 Å². The summed E-state index contributed by atoms with van der Waals surface area (Å²) in [6.45, 7) is 6.00. The Hall–Kier alpha value is -2.45. The standard InChI is InChI=1S/C23H29N3O5/c27-21-4-3-20(22(28)24-21)26-14-16-11-18(1-2-19(16)23(26)29)31-10-7-25-12-17(13-25)15-5-8-30-9-6-15/h1-2,11,15,17,20H,3-10,12-14H2,(H,24,27,28). The lowest BCUT2D eigenvalue weighted by molar-refractivity contribution is -0.136. The van der Waals surface area contributed by atoms with Crippen LogP contribution in [0.1, 0.15) is 41.6 Å². The van der Waals surface area contributed by atoms with Gasteiger partial charge in [0.25, 0.3) is 5.91 Å². The first-order chi connectivity index (χ1) is 15.1. The van der Waals surface area contributed by atoms with E-state index in [-0.39, 0.29) is 24.1 Å². The molecule has 0 aliphatic carbocycles. The first-order valence-corrected chi connectivity index (χ1v) is 11.3. The van der Waals surface area contributed by atoms with Crippen molar-refractivity contribution in [3.8, 4) is 5.75 Å². The van der Waals surface area contributed by atoms with Crippen LogP contribution in [0.15, 0.2) is 18.2 Å². The molecule has 166 valence electrons. The molecule has 8 heteroatoms. The molecule has 1 unspecified atom stereocenters. The molecule has 3 amide bonds. The monoisotopic (exact) mass is 427 g/mol. The van der Waals surface area contributed by atoms with Crippen molar-refractivity contribution < 1.29 is 23.9 Å². The number of amides is 3. The molecule has 0 bridgehead atoms. The maximum Gasteiger partial charge on any atom is 0.255 e. The smallest absolute Gasteiger partial charge is 0.255 e. The molecular weight excluding hydrogens is 398 g/mol. The van der Waals surface area contributed by atoms with Gasteiger partial charge in [-0.05, 0) is 54.9 Å². The minimum atomic E-state index is -0.586. The largest absolute Gasteiger partial charge is 0.492 e. The minimum absolute atomic E-state index is 0.157. The highest BCUT2D eigenvalue weighted by Crippen LogP contribution is 2.32. The van der Waals surface area contributed by atoms with Gasteiger partial charge in [0.05, 0.1) is 0 Å². The molecule has 1 aromatic carbocycles. The molecule has 4 heterocycles. The summed E-state index contributed by atoms with van der Waals surface area (Å²) in [5, 5.41) is 2.33. The third-order valence-electron chi connectivity index (χ3n) is 7.09. The van der Waals surface area contributed by atoms with Gasteiger partial charge >= 0.3 is 0 Å². The average molecular weight is 428 g/mol.